The zero-order valence-electron chi connectivity index (χ0n) is 12.1. The number of thioether (sulfide) groups is 1. The Balaban J connectivity index is 4.51. The fourth-order valence-corrected chi connectivity index (χ4v) is 2.22. The van der Waals surface area contributed by atoms with E-state index in [1.54, 1.807) is 0 Å². The molecule has 0 radical (unpaired) electrons. The fourth-order valence-electron chi connectivity index (χ4n) is 1.45. The van der Waals surface area contributed by atoms with Crippen molar-refractivity contribution in [3.63, 3.8) is 0 Å². The topological polar surface area (TPSA) is 155 Å². The number of carboxylic acid groups (broad SMARTS) is 4. The van der Waals surface area contributed by atoms with E-state index in [0.717, 1.165) is 9.15 Å². The Kier molecular flexibility index (Phi) is 10.00. The van der Waals surface area contributed by atoms with E-state index in [0.29, 0.717) is 11.5 Å². The Bertz CT molecular complexity index is 447. The van der Waals surface area contributed by atoms with E-state index in [2.05, 4.69) is 0 Å². The van der Waals surface area contributed by atoms with Gasteiger partial charge >= 0.3 is 23.9 Å². The monoisotopic (exact) mass is 350 g/mol. The third-order valence-corrected chi connectivity index (χ3v) is 3.02. The number of aliphatic carboxylic acids is 4. The largest absolute Gasteiger partial charge is 0.477 e. The molecule has 0 atom stereocenters. The molecule has 0 bridgehead atoms. The third kappa shape index (κ3) is 13.0. The lowest BCUT2D eigenvalue weighted by Crippen LogP contribution is -2.28. The average molecular weight is 350 g/mol. The third-order valence-electron chi connectivity index (χ3n) is 2.25. The van der Waals surface area contributed by atoms with Crippen LogP contribution >= 0.6 is 11.8 Å². The fraction of sp³-hybridized carbons (Fsp3) is 0.500. The lowest BCUT2D eigenvalue weighted by molar-refractivity contribution is -0.504. The molecule has 0 spiro atoms. The van der Waals surface area contributed by atoms with Crippen molar-refractivity contribution in [1.29, 1.82) is 0 Å². The highest BCUT2D eigenvalue weighted by Gasteiger charge is 2.15. The first-order valence-electron chi connectivity index (χ1n) is 6.30. The summed E-state index contributed by atoms with van der Waals surface area (Å²) in [7, 11) is 0. The lowest BCUT2D eigenvalue weighted by Gasteiger charge is -1.99. The average Bonchev–Trinajstić information content (AvgIpc) is 2.34. The van der Waals surface area contributed by atoms with Crippen LogP contribution in [0.15, 0.2) is 0 Å². The molecule has 0 aromatic rings. The molecular formula is C12H18N2O8S+2. The molecule has 0 heterocycles. The minimum Gasteiger partial charge on any atom is -0.477 e. The van der Waals surface area contributed by atoms with Gasteiger partial charge in [0.15, 0.2) is 12.4 Å². The second-order valence-electron chi connectivity index (χ2n) is 4.29. The molecule has 0 aliphatic carbocycles. The maximum atomic E-state index is 10.6. The van der Waals surface area contributed by atoms with Crippen molar-refractivity contribution >= 4 is 48.1 Å². The number of nitrogens with zero attached hydrogens (tertiary/aromatic N) is 2. The summed E-state index contributed by atoms with van der Waals surface area (Å²) in [5.74, 6) is -4.04. The smallest absolute Gasteiger partial charge is 0.369 e. The highest BCUT2D eigenvalue weighted by atomic mass is 32.2. The summed E-state index contributed by atoms with van der Waals surface area (Å²) < 4.78 is 2.26. The highest BCUT2D eigenvalue weighted by Crippen LogP contribution is 1.95. The number of hydrogen-bond donors (Lipinski definition) is 4. The highest BCUT2D eigenvalue weighted by molar-refractivity contribution is 8.00. The van der Waals surface area contributed by atoms with E-state index in [4.69, 9.17) is 20.4 Å². The summed E-state index contributed by atoms with van der Waals surface area (Å²) in [4.78, 5) is 42.4. The van der Waals surface area contributed by atoms with Crippen LogP contribution in [0.4, 0.5) is 0 Å². The maximum Gasteiger partial charge on any atom is 0.369 e. The molecule has 128 valence electrons. The first-order valence-corrected chi connectivity index (χ1v) is 7.45. The van der Waals surface area contributed by atoms with Crippen LogP contribution in [0.5, 0.6) is 0 Å². The van der Waals surface area contributed by atoms with Gasteiger partial charge in [0.25, 0.3) is 0 Å². The SMILES string of the molecule is O=C(O)C[N+](=CCSCC=[N+](CC(=O)O)CC(=O)O)CC(=O)O. The Hall–Kier alpha value is -2.43. The van der Waals surface area contributed by atoms with Crippen LogP contribution in [0.3, 0.4) is 0 Å². The van der Waals surface area contributed by atoms with E-state index >= 15 is 0 Å². The molecule has 0 aromatic carbocycles. The molecule has 0 unspecified atom stereocenters. The van der Waals surface area contributed by atoms with Crippen molar-refractivity contribution in [2.75, 3.05) is 37.7 Å². The van der Waals surface area contributed by atoms with Gasteiger partial charge in [-0.05, 0) is 0 Å². The normalized spacial score (nSPS) is 9.74. The van der Waals surface area contributed by atoms with Gasteiger partial charge in [0.05, 0.1) is 11.5 Å². The van der Waals surface area contributed by atoms with Crippen LogP contribution in [0.2, 0.25) is 0 Å². The van der Waals surface area contributed by atoms with Gasteiger partial charge in [-0.15, -0.1) is 11.8 Å². The quantitative estimate of drug-likeness (QED) is 0.182. The van der Waals surface area contributed by atoms with Gasteiger partial charge in [-0.25, -0.2) is 28.3 Å². The molecular weight excluding hydrogens is 332 g/mol. The Morgan fingerprint density at radius 2 is 0.913 bits per heavy atom. The summed E-state index contributed by atoms with van der Waals surface area (Å²) in [5.41, 5.74) is 0. The lowest BCUT2D eigenvalue weighted by atomic mass is 10.5. The molecule has 10 nitrogen and oxygen atoms in total. The Morgan fingerprint density at radius 1 is 0.652 bits per heavy atom. The van der Waals surface area contributed by atoms with E-state index < -0.39 is 50.1 Å². The number of rotatable bonds is 12. The first kappa shape index (κ1) is 20.6. The van der Waals surface area contributed by atoms with Gasteiger partial charge in [-0.3, -0.25) is 0 Å². The second kappa shape index (κ2) is 11.2. The molecule has 0 aliphatic rings. The number of carboxylic acids is 4. The molecule has 0 saturated heterocycles. The Labute approximate surface area is 135 Å². The zero-order chi connectivity index (χ0) is 17.8. The summed E-state index contributed by atoms with van der Waals surface area (Å²) in [6, 6.07) is 0. The second-order valence-corrected chi connectivity index (χ2v) is 5.36. The van der Waals surface area contributed by atoms with Crippen LogP contribution in [-0.4, -0.2) is 104 Å². The van der Waals surface area contributed by atoms with Crippen LogP contribution in [0, 0.1) is 0 Å². The van der Waals surface area contributed by atoms with Crippen LogP contribution < -0.4 is 0 Å². The van der Waals surface area contributed by atoms with E-state index in [9.17, 15) is 19.2 Å². The van der Waals surface area contributed by atoms with Gasteiger partial charge in [0, 0.05) is 0 Å². The predicted octanol–water partition coefficient (Wildman–Crippen LogP) is -1.78. The zero-order valence-corrected chi connectivity index (χ0v) is 12.9. The van der Waals surface area contributed by atoms with Gasteiger partial charge < -0.3 is 20.4 Å². The summed E-state index contributed by atoms with van der Waals surface area (Å²) >= 11 is 1.25. The van der Waals surface area contributed by atoms with E-state index in [1.165, 1.54) is 24.2 Å². The van der Waals surface area contributed by atoms with Crippen LogP contribution in [-0.2, 0) is 19.2 Å². The standard InChI is InChI=1S/C12H16N2O8S/c15-9(16)5-13(6-10(17)18)1-3-23-4-2-14(7-11(19)20)8-12(21)22/h1-2H,3-8H2,(H2-2,15,16,17,18,19,20,21,22)/p+2. The van der Waals surface area contributed by atoms with Gasteiger partial charge in [-0.1, -0.05) is 0 Å². The summed E-state index contributed by atoms with van der Waals surface area (Å²) in [6.45, 7) is -1.77. The van der Waals surface area contributed by atoms with Crippen molar-refractivity contribution < 1.29 is 48.8 Å². The molecule has 0 amide bonds. The predicted molar refractivity (Wildman–Crippen MR) is 80.0 cm³/mol. The summed E-state index contributed by atoms with van der Waals surface area (Å²) in [5, 5.41) is 34.6. The van der Waals surface area contributed by atoms with Gasteiger partial charge in [0.2, 0.25) is 26.2 Å². The molecule has 0 saturated carbocycles. The molecule has 0 fully saturated rings. The minimum absolute atomic E-state index is 0.297. The van der Waals surface area contributed by atoms with Crippen molar-refractivity contribution in [3.05, 3.63) is 0 Å². The van der Waals surface area contributed by atoms with E-state index in [-0.39, 0.29) is 0 Å². The molecule has 0 aromatic heterocycles. The number of hydrogen-bond acceptors (Lipinski definition) is 5. The minimum atomic E-state index is -1.16. The van der Waals surface area contributed by atoms with Crippen LogP contribution in [0.25, 0.3) is 0 Å². The number of carbonyl (C=O) groups is 4. The Morgan fingerprint density at radius 3 is 1.13 bits per heavy atom. The van der Waals surface area contributed by atoms with Crippen molar-refractivity contribution in [2.45, 2.75) is 0 Å². The maximum absolute atomic E-state index is 10.6. The molecule has 0 aliphatic heterocycles. The first-order chi connectivity index (χ1) is 10.7. The van der Waals surface area contributed by atoms with Crippen molar-refractivity contribution in [3.8, 4) is 0 Å². The van der Waals surface area contributed by atoms with Crippen molar-refractivity contribution in [1.82, 2.24) is 0 Å². The molecule has 0 rings (SSSR count). The van der Waals surface area contributed by atoms with Gasteiger partial charge in [-0.2, -0.15) is 0 Å². The molecule has 11 heteroatoms. The summed E-state index contributed by atoms with van der Waals surface area (Å²) in [6.07, 6.45) is 2.83. The van der Waals surface area contributed by atoms with E-state index in [1.807, 2.05) is 0 Å². The molecule has 23 heavy (non-hydrogen) atoms. The molecule has 4 N–H and O–H groups in total. The van der Waals surface area contributed by atoms with Crippen LogP contribution in [0.1, 0.15) is 0 Å². The van der Waals surface area contributed by atoms with Gasteiger partial charge in [0.1, 0.15) is 0 Å². The van der Waals surface area contributed by atoms with Crippen molar-refractivity contribution in [2.24, 2.45) is 0 Å².